The maximum Gasteiger partial charge on any atom is 0.333 e. The van der Waals surface area contributed by atoms with Crippen LogP contribution in [0.2, 0.25) is 0 Å². The number of aliphatic carboxylic acids is 1. The van der Waals surface area contributed by atoms with Crippen molar-refractivity contribution in [1.29, 1.82) is 0 Å². The van der Waals surface area contributed by atoms with E-state index in [1.807, 2.05) is 0 Å². The summed E-state index contributed by atoms with van der Waals surface area (Å²) in [6.45, 7) is 2.24. The van der Waals surface area contributed by atoms with Crippen molar-refractivity contribution in [2.24, 2.45) is 17.3 Å². The highest BCUT2D eigenvalue weighted by Crippen LogP contribution is 2.60. The molecule has 13 nitrogen and oxygen atoms in total. The minimum absolute atomic E-state index is 0.121. The number of aromatic nitrogens is 1. The number of nitrogens with zero attached hydrogens (tertiary/aromatic N) is 1. The molecule has 47 heavy (non-hydrogen) atoms. The fourth-order valence-corrected chi connectivity index (χ4v) is 9.07. The van der Waals surface area contributed by atoms with Crippen LogP contribution >= 0.6 is 0 Å². The molecule has 6 N–H and O–H groups in total. The number of carbonyl (C=O) groups is 2. The van der Waals surface area contributed by atoms with Crippen LogP contribution in [-0.2, 0) is 28.5 Å². The van der Waals surface area contributed by atoms with Crippen LogP contribution in [0.4, 0.5) is 0 Å². The van der Waals surface area contributed by atoms with Gasteiger partial charge in [0.1, 0.15) is 18.8 Å². The third-order valence-corrected chi connectivity index (χ3v) is 11.2. The van der Waals surface area contributed by atoms with Gasteiger partial charge in [0.15, 0.2) is 11.2 Å². The average molecular weight is 659 g/mol. The molecule has 5 aliphatic rings. The molecule has 1 aromatic rings. The topological polar surface area (TPSA) is 207 Å². The molecule has 0 unspecified atom stereocenters. The molecule has 2 spiro atoms. The molecule has 3 fully saturated rings. The third-order valence-electron chi connectivity index (χ3n) is 11.2. The standard InChI is InChI=1S/C34H44NO12/c1-3-19-21(15-26(39)40)22(29(41)44-2)16-31(10-4-5-11-31)28(19)47-33(18-38)32(43)12-8-23-20-9-13-35-27(20)24(7-6-14-36)45-34(23,30(32)42)25(17-37)46-33/h3,9,13,16,19,21,25,28,30,36-38,42-43H,1,4-8,10-12,14-15,17-18H2,2H3,(H,39,40)/q-1/t19-,21+,25-,28+,30-,32-,33+,34-/m1/s1. The lowest BCUT2D eigenvalue weighted by Crippen LogP contribution is -2.83. The second-order valence-corrected chi connectivity index (χ2v) is 13.4. The van der Waals surface area contributed by atoms with Gasteiger partial charge in [-0.3, -0.25) is 4.79 Å². The molecular weight excluding hydrogens is 614 g/mol. The van der Waals surface area contributed by atoms with Gasteiger partial charge >= 0.3 is 11.9 Å². The monoisotopic (exact) mass is 658 g/mol. The van der Waals surface area contributed by atoms with Crippen molar-refractivity contribution < 1.29 is 59.2 Å². The minimum atomic E-state index is -2.30. The first-order valence-corrected chi connectivity index (χ1v) is 16.3. The number of fused-ring (bicyclic) bond motifs is 2. The summed E-state index contributed by atoms with van der Waals surface area (Å²) in [5.41, 5.74) is -4.11. The summed E-state index contributed by atoms with van der Waals surface area (Å²) in [6, 6.07) is 1.78. The van der Waals surface area contributed by atoms with Crippen LogP contribution in [0.1, 0.15) is 57.8 Å². The summed E-state index contributed by atoms with van der Waals surface area (Å²) in [5.74, 6) is -5.46. The Kier molecular flexibility index (Phi) is 8.96. The number of aliphatic hydroxyl groups is 5. The molecule has 1 aromatic heterocycles. The highest BCUT2D eigenvalue weighted by atomic mass is 16.7. The molecule has 0 amide bonds. The van der Waals surface area contributed by atoms with E-state index in [1.54, 1.807) is 18.3 Å². The number of carboxylic acid groups (broad SMARTS) is 1. The molecule has 6 rings (SSSR count). The van der Waals surface area contributed by atoms with Crippen LogP contribution in [0.3, 0.4) is 0 Å². The third kappa shape index (κ3) is 4.85. The van der Waals surface area contributed by atoms with E-state index in [0.29, 0.717) is 41.2 Å². The van der Waals surface area contributed by atoms with Crippen LogP contribution in [0.5, 0.6) is 0 Å². The zero-order valence-corrected chi connectivity index (χ0v) is 26.5. The summed E-state index contributed by atoms with van der Waals surface area (Å²) in [5, 5.41) is 67.5. The molecule has 8 atom stereocenters. The Morgan fingerprint density at radius 3 is 2.55 bits per heavy atom. The smallest absolute Gasteiger partial charge is 0.333 e. The first-order chi connectivity index (χ1) is 22.5. The Morgan fingerprint density at radius 1 is 1.19 bits per heavy atom. The van der Waals surface area contributed by atoms with Crippen molar-refractivity contribution in [1.82, 2.24) is 4.98 Å². The lowest BCUT2D eigenvalue weighted by molar-refractivity contribution is -0.439. The SMILES string of the molecule is C=C[C@@H]1[C@H](CC(=O)O)C(C(=O)OC)=CC2(CCCC2)[C@H]1O[C@]1(CO)O[C@H](CO)[C@]23OC(CCCO)=c4[n-]ccc4=C2CC[C@@]1(O)[C@H]3O. The van der Waals surface area contributed by atoms with Crippen LogP contribution in [0, 0.1) is 17.3 Å². The van der Waals surface area contributed by atoms with E-state index in [-0.39, 0.29) is 31.4 Å². The molecular formula is C34H44NO12-. The van der Waals surface area contributed by atoms with E-state index >= 15 is 0 Å². The number of esters is 1. The first-order valence-electron chi connectivity index (χ1n) is 16.3. The van der Waals surface area contributed by atoms with Gasteiger partial charge in [0.2, 0.25) is 5.79 Å². The summed E-state index contributed by atoms with van der Waals surface area (Å²) < 4.78 is 24.9. The number of hydrogen-bond acceptors (Lipinski definition) is 11. The predicted octanol–water partition coefficient (Wildman–Crippen LogP) is -0.639. The lowest BCUT2D eigenvalue weighted by atomic mass is 9.60. The van der Waals surface area contributed by atoms with E-state index in [9.17, 15) is 40.2 Å². The summed E-state index contributed by atoms with van der Waals surface area (Å²) >= 11 is 0. The van der Waals surface area contributed by atoms with Gasteiger partial charge in [0.05, 0.1) is 32.0 Å². The predicted molar refractivity (Wildman–Crippen MR) is 163 cm³/mol. The Bertz CT molecular complexity index is 1560. The molecule has 3 aliphatic carbocycles. The largest absolute Gasteiger partial charge is 0.661 e. The Hall–Kier alpha value is -3.04. The molecule has 258 valence electrons. The second-order valence-electron chi connectivity index (χ2n) is 13.4. The van der Waals surface area contributed by atoms with Gasteiger partial charge < -0.3 is 54.6 Å². The summed E-state index contributed by atoms with van der Waals surface area (Å²) in [4.78, 5) is 29.5. The zero-order chi connectivity index (χ0) is 33.8. The van der Waals surface area contributed by atoms with Crippen molar-refractivity contribution >= 4 is 23.3 Å². The Morgan fingerprint density at radius 2 is 1.94 bits per heavy atom. The summed E-state index contributed by atoms with van der Waals surface area (Å²) in [7, 11) is 1.23. The number of carbonyl (C=O) groups excluding carboxylic acids is 1. The van der Waals surface area contributed by atoms with Crippen molar-refractivity contribution in [2.75, 3.05) is 26.9 Å². The number of methoxy groups -OCH3 is 1. The lowest BCUT2D eigenvalue weighted by Gasteiger charge is -2.65. The van der Waals surface area contributed by atoms with Crippen molar-refractivity contribution in [3.8, 4) is 0 Å². The molecule has 13 heteroatoms. The van der Waals surface area contributed by atoms with Gasteiger partial charge in [-0.2, -0.15) is 6.20 Å². The van der Waals surface area contributed by atoms with Gasteiger partial charge in [-0.05, 0) is 42.9 Å². The van der Waals surface area contributed by atoms with E-state index in [4.69, 9.17) is 18.9 Å². The van der Waals surface area contributed by atoms with Gasteiger partial charge in [-0.1, -0.05) is 36.4 Å². The molecule has 2 aliphatic heterocycles. The first kappa shape index (κ1) is 33.8. The van der Waals surface area contributed by atoms with Crippen LogP contribution in [0.25, 0.3) is 11.3 Å². The molecule has 2 bridgehead atoms. The van der Waals surface area contributed by atoms with Crippen LogP contribution < -0.4 is 15.6 Å². The number of aliphatic hydroxyl groups excluding tert-OH is 4. The van der Waals surface area contributed by atoms with Gasteiger partial charge in [0, 0.05) is 35.9 Å². The van der Waals surface area contributed by atoms with E-state index < -0.39 is 84.1 Å². The normalized spacial score (nSPS) is 37.1. The van der Waals surface area contributed by atoms with Gasteiger partial charge in [0.25, 0.3) is 0 Å². The van der Waals surface area contributed by atoms with E-state index in [2.05, 4.69) is 11.6 Å². The van der Waals surface area contributed by atoms with Crippen LogP contribution in [0.15, 0.2) is 36.6 Å². The highest BCUT2D eigenvalue weighted by Gasteiger charge is 2.75. The quantitative estimate of drug-likeness (QED) is 0.129. The number of carboxylic acids is 1. The highest BCUT2D eigenvalue weighted by molar-refractivity contribution is 5.90. The van der Waals surface area contributed by atoms with E-state index in [0.717, 1.165) is 12.8 Å². The fraction of sp³-hybridized carbons (Fsp3) is 0.647. The average Bonchev–Trinajstić information content (AvgIpc) is 3.75. The molecule has 0 aromatic carbocycles. The fourth-order valence-electron chi connectivity index (χ4n) is 9.07. The number of hydrogen-bond donors (Lipinski definition) is 6. The van der Waals surface area contributed by atoms with Crippen LogP contribution in [-0.4, -0.2) is 105 Å². The minimum Gasteiger partial charge on any atom is -0.661 e. The van der Waals surface area contributed by atoms with Gasteiger partial charge in [-0.25, -0.2) is 4.79 Å². The Balaban J connectivity index is 1.48. The zero-order valence-electron chi connectivity index (χ0n) is 26.5. The van der Waals surface area contributed by atoms with Gasteiger partial charge in [-0.15, -0.1) is 6.58 Å². The second kappa shape index (κ2) is 12.4. The summed E-state index contributed by atoms with van der Waals surface area (Å²) in [6.07, 6.45) is 3.67. The maximum atomic E-state index is 13.0. The maximum absolute atomic E-state index is 13.0. The Labute approximate surface area is 271 Å². The number of ether oxygens (including phenoxy) is 4. The molecule has 0 radical (unpaired) electrons. The van der Waals surface area contributed by atoms with Crippen molar-refractivity contribution in [3.63, 3.8) is 0 Å². The van der Waals surface area contributed by atoms with Crippen molar-refractivity contribution in [3.05, 3.63) is 47.1 Å². The van der Waals surface area contributed by atoms with E-state index in [1.165, 1.54) is 13.2 Å². The molecule has 3 heterocycles. The molecule has 2 saturated carbocycles. The number of rotatable bonds is 11. The van der Waals surface area contributed by atoms with Crippen molar-refractivity contribution in [2.45, 2.75) is 93.1 Å². The molecule has 1 saturated heterocycles.